The highest BCUT2D eigenvalue weighted by Gasteiger charge is 2.24. The highest BCUT2D eigenvalue weighted by molar-refractivity contribution is 6.32. The minimum absolute atomic E-state index is 0.184. The Balaban J connectivity index is 1.24. The predicted molar refractivity (Wildman–Crippen MR) is 118 cm³/mol. The van der Waals surface area contributed by atoms with Crippen molar-refractivity contribution in [3.05, 3.63) is 52.9 Å². The molecule has 0 radical (unpaired) electrons. The fourth-order valence-electron chi connectivity index (χ4n) is 4.54. The molecule has 1 saturated carbocycles. The molecule has 1 N–H and O–H groups in total. The molecule has 1 amide bonds. The van der Waals surface area contributed by atoms with Crippen molar-refractivity contribution in [2.45, 2.75) is 57.6 Å². The lowest BCUT2D eigenvalue weighted by Crippen LogP contribution is -2.41. The standard InChI is InChI=1S/C24H31ClN2O3/c25-22-15-19(24(28)26-16-21-7-4-14-29-21)8-9-23(22)30-20-10-12-27(13-11-20)17-18-5-2-1-3-6-18/h4,7-9,14-15,18,20H,1-3,5-6,10-13,16-17H2,(H,26,28). The van der Waals surface area contributed by atoms with Crippen molar-refractivity contribution >= 4 is 17.5 Å². The topological polar surface area (TPSA) is 54.7 Å². The summed E-state index contributed by atoms with van der Waals surface area (Å²) in [4.78, 5) is 14.9. The maximum Gasteiger partial charge on any atom is 0.251 e. The number of carbonyl (C=O) groups excluding carboxylic acids is 1. The molecule has 0 spiro atoms. The highest BCUT2D eigenvalue weighted by Crippen LogP contribution is 2.30. The van der Waals surface area contributed by atoms with Gasteiger partial charge in [0.05, 0.1) is 17.8 Å². The zero-order valence-electron chi connectivity index (χ0n) is 17.4. The molecular weight excluding hydrogens is 400 g/mol. The Hall–Kier alpha value is -1.98. The van der Waals surface area contributed by atoms with Crippen LogP contribution >= 0.6 is 11.6 Å². The average Bonchev–Trinajstić information content (AvgIpc) is 3.29. The molecule has 0 bridgehead atoms. The largest absolute Gasteiger partial charge is 0.489 e. The van der Waals surface area contributed by atoms with Gasteiger partial charge >= 0.3 is 0 Å². The van der Waals surface area contributed by atoms with Gasteiger partial charge in [0.1, 0.15) is 17.6 Å². The Morgan fingerprint density at radius 3 is 2.63 bits per heavy atom. The van der Waals surface area contributed by atoms with E-state index in [1.807, 2.05) is 6.07 Å². The first-order valence-corrected chi connectivity index (χ1v) is 11.5. The van der Waals surface area contributed by atoms with Gasteiger partial charge in [-0.3, -0.25) is 4.79 Å². The van der Waals surface area contributed by atoms with Gasteiger partial charge in [-0.05, 0) is 61.9 Å². The Kier molecular flexibility index (Phi) is 7.34. The summed E-state index contributed by atoms with van der Waals surface area (Å²) in [6.07, 6.45) is 10.8. The molecule has 1 saturated heterocycles. The lowest BCUT2D eigenvalue weighted by Gasteiger charge is -2.35. The van der Waals surface area contributed by atoms with Crippen LogP contribution in [-0.2, 0) is 6.54 Å². The van der Waals surface area contributed by atoms with Gasteiger partial charge in [0, 0.05) is 25.2 Å². The Labute approximate surface area is 183 Å². The van der Waals surface area contributed by atoms with Crippen molar-refractivity contribution in [1.82, 2.24) is 10.2 Å². The molecule has 4 rings (SSSR count). The number of furan rings is 1. The van der Waals surface area contributed by atoms with Crippen molar-refractivity contribution in [3.8, 4) is 5.75 Å². The number of amides is 1. The number of nitrogens with one attached hydrogen (secondary N) is 1. The van der Waals surface area contributed by atoms with Crippen LogP contribution < -0.4 is 10.1 Å². The predicted octanol–water partition coefficient (Wildman–Crippen LogP) is 5.29. The summed E-state index contributed by atoms with van der Waals surface area (Å²) in [5, 5.41) is 3.31. The highest BCUT2D eigenvalue weighted by atomic mass is 35.5. The summed E-state index contributed by atoms with van der Waals surface area (Å²) in [7, 11) is 0. The second-order valence-corrected chi connectivity index (χ2v) is 8.94. The molecule has 1 aliphatic heterocycles. The minimum Gasteiger partial charge on any atom is -0.489 e. The second-order valence-electron chi connectivity index (χ2n) is 8.53. The summed E-state index contributed by atoms with van der Waals surface area (Å²) >= 11 is 6.42. The maximum atomic E-state index is 12.3. The maximum absolute atomic E-state index is 12.3. The molecule has 0 atom stereocenters. The number of hydrogen-bond donors (Lipinski definition) is 1. The summed E-state index contributed by atoms with van der Waals surface area (Å²) < 4.78 is 11.4. The molecule has 1 aliphatic carbocycles. The average molecular weight is 431 g/mol. The fourth-order valence-corrected chi connectivity index (χ4v) is 4.77. The number of benzene rings is 1. The number of piperidine rings is 1. The minimum atomic E-state index is -0.184. The summed E-state index contributed by atoms with van der Waals surface area (Å²) in [6.45, 7) is 3.77. The molecule has 2 aromatic rings. The number of halogens is 1. The van der Waals surface area contributed by atoms with Crippen molar-refractivity contribution in [2.75, 3.05) is 19.6 Å². The van der Waals surface area contributed by atoms with Crippen LogP contribution in [0.15, 0.2) is 41.0 Å². The van der Waals surface area contributed by atoms with Crippen LogP contribution in [0.5, 0.6) is 5.75 Å². The van der Waals surface area contributed by atoms with Crippen LogP contribution in [0, 0.1) is 5.92 Å². The van der Waals surface area contributed by atoms with Gasteiger partial charge in [-0.2, -0.15) is 0 Å². The fraction of sp³-hybridized carbons (Fsp3) is 0.542. The smallest absolute Gasteiger partial charge is 0.251 e. The Bertz CT molecular complexity index is 810. The Morgan fingerprint density at radius 2 is 1.93 bits per heavy atom. The van der Waals surface area contributed by atoms with E-state index >= 15 is 0 Å². The third-order valence-corrected chi connectivity index (χ3v) is 6.56. The first-order valence-electron chi connectivity index (χ1n) is 11.2. The number of hydrogen-bond acceptors (Lipinski definition) is 4. The van der Waals surface area contributed by atoms with Gasteiger partial charge in [0.15, 0.2) is 0 Å². The van der Waals surface area contributed by atoms with E-state index in [9.17, 15) is 4.79 Å². The van der Waals surface area contributed by atoms with Gasteiger partial charge in [0.25, 0.3) is 5.91 Å². The third kappa shape index (κ3) is 5.79. The molecule has 2 fully saturated rings. The molecule has 162 valence electrons. The molecule has 2 heterocycles. The number of carbonyl (C=O) groups is 1. The van der Waals surface area contributed by atoms with E-state index < -0.39 is 0 Å². The van der Waals surface area contributed by atoms with E-state index in [2.05, 4.69) is 10.2 Å². The van der Waals surface area contributed by atoms with Crippen LogP contribution in [0.3, 0.4) is 0 Å². The first kappa shape index (κ1) is 21.3. The second kappa shape index (κ2) is 10.4. The molecule has 1 aromatic heterocycles. The van der Waals surface area contributed by atoms with Gasteiger partial charge in [-0.25, -0.2) is 0 Å². The van der Waals surface area contributed by atoms with E-state index in [0.717, 1.165) is 31.8 Å². The van der Waals surface area contributed by atoms with Crippen LogP contribution in [0.1, 0.15) is 61.1 Å². The van der Waals surface area contributed by atoms with Gasteiger partial charge in [-0.15, -0.1) is 0 Å². The van der Waals surface area contributed by atoms with E-state index in [4.69, 9.17) is 20.8 Å². The van der Waals surface area contributed by atoms with Crippen LogP contribution in [-0.4, -0.2) is 36.5 Å². The van der Waals surface area contributed by atoms with E-state index in [0.29, 0.717) is 28.6 Å². The Morgan fingerprint density at radius 1 is 1.13 bits per heavy atom. The van der Waals surface area contributed by atoms with Crippen LogP contribution in [0.25, 0.3) is 0 Å². The third-order valence-electron chi connectivity index (χ3n) is 6.27. The van der Waals surface area contributed by atoms with Gasteiger partial charge in [0.2, 0.25) is 0 Å². The summed E-state index contributed by atoms with van der Waals surface area (Å²) in [5.74, 6) is 2.07. The lowest BCUT2D eigenvalue weighted by molar-refractivity contribution is 0.0863. The molecule has 6 heteroatoms. The molecule has 0 unspecified atom stereocenters. The van der Waals surface area contributed by atoms with Gasteiger partial charge < -0.3 is 19.4 Å². The molecule has 2 aliphatic rings. The summed E-state index contributed by atoms with van der Waals surface area (Å²) in [5.41, 5.74) is 0.515. The SMILES string of the molecule is O=C(NCc1ccco1)c1ccc(OC2CCN(CC3CCCCC3)CC2)c(Cl)c1. The molecule has 30 heavy (non-hydrogen) atoms. The van der Waals surface area contributed by atoms with Crippen molar-refractivity contribution in [1.29, 1.82) is 0 Å². The molecule has 1 aromatic carbocycles. The van der Waals surface area contributed by atoms with E-state index in [1.165, 1.54) is 38.6 Å². The van der Waals surface area contributed by atoms with Crippen LogP contribution in [0.2, 0.25) is 5.02 Å². The number of likely N-dealkylation sites (tertiary alicyclic amines) is 1. The van der Waals surface area contributed by atoms with Crippen molar-refractivity contribution < 1.29 is 13.9 Å². The first-order chi connectivity index (χ1) is 14.7. The summed E-state index contributed by atoms with van der Waals surface area (Å²) in [6, 6.07) is 8.86. The monoisotopic (exact) mass is 430 g/mol. The van der Waals surface area contributed by atoms with E-state index in [-0.39, 0.29) is 12.0 Å². The zero-order valence-corrected chi connectivity index (χ0v) is 18.2. The lowest BCUT2D eigenvalue weighted by atomic mass is 9.88. The quantitative estimate of drug-likeness (QED) is 0.648. The van der Waals surface area contributed by atoms with Gasteiger partial charge in [-0.1, -0.05) is 30.9 Å². The molecule has 5 nitrogen and oxygen atoms in total. The molecular formula is C24H31ClN2O3. The normalized spacial score (nSPS) is 19.0. The van der Waals surface area contributed by atoms with Crippen molar-refractivity contribution in [3.63, 3.8) is 0 Å². The number of rotatable bonds is 7. The zero-order chi connectivity index (χ0) is 20.8. The number of nitrogens with zero attached hydrogens (tertiary/aromatic N) is 1. The number of ether oxygens (including phenoxy) is 1. The van der Waals surface area contributed by atoms with E-state index in [1.54, 1.807) is 30.5 Å². The van der Waals surface area contributed by atoms with Crippen LogP contribution in [0.4, 0.5) is 0 Å². The van der Waals surface area contributed by atoms with Crippen molar-refractivity contribution in [2.24, 2.45) is 5.92 Å².